The van der Waals surface area contributed by atoms with Gasteiger partial charge in [0.15, 0.2) is 0 Å². The summed E-state index contributed by atoms with van der Waals surface area (Å²) >= 11 is 6.83. The lowest BCUT2D eigenvalue weighted by molar-refractivity contribution is -0.158. The van der Waals surface area contributed by atoms with Crippen LogP contribution < -0.4 is 14.2 Å². The maximum atomic E-state index is 13.2. The van der Waals surface area contributed by atoms with Gasteiger partial charge in [-0.15, -0.1) is 10.2 Å². The lowest BCUT2D eigenvalue weighted by Gasteiger charge is -2.45. The normalized spacial score (nSPS) is 20.2. The fourth-order valence-corrected chi connectivity index (χ4v) is 7.62. The van der Waals surface area contributed by atoms with Crippen LogP contribution in [0.15, 0.2) is 66.7 Å². The number of tetrazole rings is 1. The zero-order chi connectivity index (χ0) is 35.9. The highest BCUT2D eigenvalue weighted by atomic mass is 35.5. The first kappa shape index (κ1) is 36.2. The Morgan fingerprint density at radius 3 is 2.20 bits per heavy atom. The predicted molar refractivity (Wildman–Crippen MR) is 193 cm³/mol. The molecular formula is C39H46ClN5O6. The van der Waals surface area contributed by atoms with Crippen molar-refractivity contribution in [2.75, 3.05) is 27.4 Å². The van der Waals surface area contributed by atoms with E-state index in [4.69, 9.17) is 35.6 Å². The first-order valence-electron chi connectivity index (χ1n) is 17.8. The molecule has 51 heavy (non-hydrogen) atoms. The third-order valence-corrected chi connectivity index (χ3v) is 10.8. The molecule has 4 aromatic rings. The van der Waals surface area contributed by atoms with Crippen LogP contribution in [0, 0.1) is 17.8 Å². The summed E-state index contributed by atoms with van der Waals surface area (Å²) in [6.45, 7) is 5.12. The molecule has 1 saturated heterocycles. The van der Waals surface area contributed by atoms with Crippen molar-refractivity contribution < 1.29 is 28.5 Å². The van der Waals surface area contributed by atoms with Gasteiger partial charge in [-0.2, -0.15) is 4.80 Å². The molecule has 1 aromatic heterocycles. The molecule has 1 saturated carbocycles. The summed E-state index contributed by atoms with van der Waals surface area (Å²) in [5, 5.41) is 14.3. The summed E-state index contributed by atoms with van der Waals surface area (Å²) in [6.07, 6.45) is 5.56. The van der Waals surface area contributed by atoms with Crippen LogP contribution in [0.1, 0.15) is 69.5 Å². The number of benzene rings is 3. The Hall–Kier alpha value is -4.64. The second kappa shape index (κ2) is 16.6. The van der Waals surface area contributed by atoms with Gasteiger partial charge in [-0.1, -0.05) is 68.6 Å². The van der Waals surface area contributed by atoms with E-state index >= 15 is 0 Å². The van der Waals surface area contributed by atoms with E-state index in [0.29, 0.717) is 53.6 Å². The highest BCUT2D eigenvalue weighted by Crippen LogP contribution is 2.42. The number of carbonyl (C=O) groups excluding carboxylic acids is 2. The maximum absolute atomic E-state index is 13.2. The molecule has 0 radical (unpaired) electrons. The molecule has 2 aliphatic rings. The van der Waals surface area contributed by atoms with Crippen LogP contribution in [0.2, 0.25) is 5.02 Å². The van der Waals surface area contributed by atoms with E-state index in [2.05, 4.69) is 24.2 Å². The summed E-state index contributed by atoms with van der Waals surface area (Å²) in [5.74, 6) is 2.92. The van der Waals surface area contributed by atoms with Gasteiger partial charge in [-0.3, -0.25) is 4.79 Å². The van der Waals surface area contributed by atoms with Gasteiger partial charge in [0.25, 0.3) is 0 Å². The third kappa shape index (κ3) is 8.14. The number of rotatable bonds is 14. The van der Waals surface area contributed by atoms with E-state index in [1.807, 2.05) is 60.7 Å². The molecule has 1 aliphatic heterocycles. The number of ether oxygens (including phenoxy) is 4. The van der Waals surface area contributed by atoms with Gasteiger partial charge in [0, 0.05) is 6.54 Å². The van der Waals surface area contributed by atoms with Crippen LogP contribution in [-0.2, 0) is 14.3 Å². The average Bonchev–Trinajstić information content (AvgIpc) is 3.64. The van der Waals surface area contributed by atoms with E-state index in [9.17, 15) is 9.59 Å². The fourth-order valence-electron chi connectivity index (χ4n) is 7.37. The van der Waals surface area contributed by atoms with E-state index < -0.39 is 12.1 Å². The van der Waals surface area contributed by atoms with Crippen molar-refractivity contribution in [3.63, 3.8) is 0 Å². The predicted octanol–water partition coefficient (Wildman–Crippen LogP) is 7.02. The lowest BCUT2D eigenvalue weighted by atomic mass is 9.72. The molecule has 4 atom stereocenters. The molecule has 6 rings (SSSR count). The molecular weight excluding hydrogens is 670 g/mol. The number of halogens is 1. The summed E-state index contributed by atoms with van der Waals surface area (Å²) < 4.78 is 23.2. The highest BCUT2D eigenvalue weighted by Gasteiger charge is 2.43. The summed E-state index contributed by atoms with van der Waals surface area (Å²) in [4.78, 5) is 28.4. The zero-order valence-electron chi connectivity index (χ0n) is 29.6. The Balaban J connectivity index is 1.22. The molecule has 0 unspecified atom stereocenters. The van der Waals surface area contributed by atoms with Crippen LogP contribution >= 0.6 is 11.6 Å². The molecule has 3 aromatic carbocycles. The SMILES string of the molecule is CCC(CC)COC(=O)[C@@H]1C[C@H]2C[C@@H](Oc3cccc(Cl)c3-c3nnn(C(c4ccc(OC)cc4)c4ccc(OC)cc4)n3)CC[C@H]2CN1C=O. The molecule has 270 valence electrons. The quantitative estimate of drug-likeness (QED) is 0.100. The highest BCUT2D eigenvalue weighted by molar-refractivity contribution is 6.33. The number of hydrogen-bond acceptors (Lipinski definition) is 9. The Bertz CT molecular complexity index is 1720. The van der Waals surface area contributed by atoms with Crippen molar-refractivity contribution in [3.05, 3.63) is 82.9 Å². The largest absolute Gasteiger partial charge is 0.497 e. The maximum Gasteiger partial charge on any atom is 0.328 e. The van der Waals surface area contributed by atoms with Crippen molar-refractivity contribution in [1.29, 1.82) is 0 Å². The molecule has 12 heteroatoms. The Labute approximate surface area is 304 Å². The van der Waals surface area contributed by atoms with Crippen LogP contribution in [0.25, 0.3) is 11.4 Å². The van der Waals surface area contributed by atoms with Crippen molar-refractivity contribution in [1.82, 2.24) is 25.1 Å². The van der Waals surface area contributed by atoms with Gasteiger partial charge in [0.2, 0.25) is 12.2 Å². The van der Waals surface area contributed by atoms with Gasteiger partial charge >= 0.3 is 5.97 Å². The van der Waals surface area contributed by atoms with Crippen molar-refractivity contribution in [2.24, 2.45) is 17.8 Å². The fraction of sp³-hybridized carbons (Fsp3) is 0.462. The minimum Gasteiger partial charge on any atom is -0.497 e. The molecule has 0 N–H and O–H groups in total. The van der Waals surface area contributed by atoms with Gasteiger partial charge in [-0.05, 0) is 96.2 Å². The molecule has 0 bridgehead atoms. The van der Waals surface area contributed by atoms with E-state index in [-0.39, 0.29) is 18.0 Å². The van der Waals surface area contributed by atoms with Crippen LogP contribution in [0.5, 0.6) is 17.2 Å². The summed E-state index contributed by atoms with van der Waals surface area (Å²) in [5.41, 5.74) is 2.45. The third-order valence-electron chi connectivity index (χ3n) is 10.5. The molecule has 0 spiro atoms. The lowest BCUT2D eigenvalue weighted by Crippen LogP contribution is -2.53. The number of aromatic nitrogens is 4. The van der Waals surface area contributed by atoms with E-state index in [1.165, 1.54) is 0 Å². The van der Waals surface area contributed by atoms with Gasteiger partial charge in [0.1, 0.15) is 29.3 Å². The smallest absolute Gasteiger partial charge is 0.328 e. The van der Waals surface area contributed by atoms with E-state index in [1.54, 1.807) is 30.0 Å². The first-order valence-corrected chi connectivity index (χ1v) is 18.1. The topological polar surface area (TPSA) is 118 Å². The second-order valence-electron chi connectivity index (χ2n) is 13.4. The second-order valence-corrected chi connectivity index (χ2v) is 13.8. The molecule has 11 nitrogen and oxygen atoms in total. The Morgan fingerprint density at radius 1 is 0.922 bits per heavy atom. The number of esters is 1. The summed E-state index contributed by atoms with van der Waals surface area (Å²) in [6, 6.07) is 20.1. The minimum atomic E-state index is -0.581. The molecule has 1 aliphatic carbocycles. The van der Waals surface area contributed by atoms with Crippen LogP contribution in [-0.4, -0.2) is 77.0 Å². The van der Waals surface area contributed by atoms with Gasteiger partial charge in [0.05, 0.1) is 37.5 Å². The Kier molecular flexibility index (Phi) is 11.8. The van der Waals surface area contributed by atoms with Crippen molar-refractivity contribution in [2.45, 2.75) is 70.6 Å². The zero-order valence-corrected chi connectivity index (χ0v) is 30.4. The monoisotopic (exact) mass is 715 g/mol. The van der Waals surface area contributed by atoms with Crippen molar-refractivity contribution in [3.8, 4) is 28.6 Å². The first-order chi connectivity index (χ1) is 24.8. The number of fused-ring (bicyclic) bond motifs is 1. The molecule has 1 amide bonds. The number of carbonyl (C=O) groups is 2. The van der Waals surface area contributed by atoms with Crippen LogP contribution in [0.4, 0.5) is 0 Å². The summed E-state index contributed by atoms with van der Waals surface area (Å²) in [7, 11) is 3.27. The number of amides is 1. The van der Waals surface area contributed by atoms with Gasteiger partial charge < -0.3 is 23.8 Å². The van der Waals surface area contributed by atoms with Crippen LogP contribution in [0.3, 0.4) is 0 Å². The molecule has 2 heterocycles. The minimum absolute atomic E-state index is 0.117. The van der Waals surface area contributed by atoms with Crippen molar-refractivity contribution >= 4 is 24.0 Å². The number of likely N-dealkylation sites (tertiary alicyclic amines) is 1. The number of hydrogen-bond donors (Lipinski definition) is 0. The molecule has 2 fully saturated rings. The number of methoxy groups -OCH3 is 2. The standard InChI is InChI=1S/C39H46ClN5O6/c1-5-25(6-2)23-50-39(47)34-21-29-20-32(19-14-28(29)22-44(34)24-46)51-35-9-7-8-33(40)36(35)38-41-43-45(42-38)37(26-10-15-30(48-3)16-11-26)27-12-17-31(49-4)18-13-27/h7-13,15-18,24-25,28-29,32,34,37H,5-6,14,19-23H2,1-4H3/t28-,29+,32-,34-/m0/s1. The number of nitrogens with zero attached hydrogens (tertiary/aromatic N) is 5. The van der Waals surface area contributed by atoms with E-state index in [0.717, 1.165) is 61.1 Å². The Morgan fingerprint density at radius 2 is 1.59 bits per heavy atom. The number of piperidine rings is 1. The van der Waals surface area contributed by atoms with Gasteiger partial charge in [-0.25, -0.2) is 4.79 Å². The average molecular weight is 716 g/mol.